The van der Waals surface area contributed by atoms with Crippen molar-refractivity contribution >= 4 is 22.9 Å². The molecule has 0 fully saturated rings. The maximum absolute atomic E-state index is 10.8. The Bertz CT molecular complexity index is 700. The molecule has 114 valence electrons. The molecule has 0 amide bonds. The summed E-state index contributed by atoms with van der Waals surface area (Å²) in [5.41, 5.74) is 5.44. The fourth-order valence-corrected chi connectivity index (χ4v) is 1.90. The van der Waals surface area contributed by atoms with Crippen molar-refractivity contribution in [3.63, 3.8) is 0 Å². The molecule has 0 atom stereocenters. The molecule has 0 bridgehead atoms. The first-order valence-electron chi connectivity index (χ1n) is 6.68. The van der Waals surface area contributed by atoms with Crippen molar-refractivity contribution < 1.29 is 4.92 Å². The van der Waals surface area contributed by atoms with Gasteiger partial charge in [-0.1, -0.05) is 6.07 Å². The maximum atomic E-state index is 10.8. The second-order valence-corrected chi connectivity index (χ2v) is 4.81. The molecule has 1 heterocycles. The number of benzene rings is 1. The molecule has 0 spiro atoms. The lowest BCUT2D eigenvalue weighted by Gasteiger charge is -2.20. The van der Waals surface area contributed by atoms with E-state index < -0.39 is 4.92 Å². The van der Waals surface area contributed by atoms with Gasteiger partial charge in [0.2, 0.25) is 0 Å². The Labute approximate surface area is 128 Å². The van der Waals surface area contributed by atoms with E-state index in [0.717, 1.165) is 11.3 Å². The zero-order valence-corrected chi connectivity index (χ0v) is 12.6. The van der Waals surface area contributed by atoms with E-state index in [4.69, 9.17) is 0 Å². The number of anilines is 1. The average Bonchev–Trinajstić information content (AvgIpc) is 2.50. The molecule has 0 aliphatic rings. The van der Waals surface area contributed by atoms with Crippen molar-refractivity contribution in [3.8, 4) is 0 Å². The van der Waals surface area contributed by atoms with Gasteiger partial charge in [-0.15, -0.1) is 0 Å². The smallest absolute Gasteiger partial charge is 0.271 e. The monoisotopic (exact) mass is 299 g/mol. The molecule has 0 unspecified atom stereocenters. The van der Waals surface area contributed by atoms with Crippen molar-refractivity contribution in [2.24, 2.45) is 4.99 Å². The number of aryl methyl sites for hydroxylation is 1. The van der Waals surface area contributed by atoms with E-state index in [2.05, 4.69) is 15.4 Å². The molecule has 0 saturated carbocycles. The summed E-state index contributed by atoms with van der Waals surface area (Å²) in [7, 11) is 1.84. The van der Waals surface area contributed by atoms with Crippen molar-refractivity contribution in [1.29, 1.82) is 0 Å². The lowest BCUT2D eigenvalue weighted by molar-refractivity contribution is -0.384. The molecule has 2 aromatic rings. The van der Waals surface area contributed by atoms with Crippen molar-refractivity contribution in [3.05, 3.63) is 58.4 Å². The van der Waals surface area contributed by atoms with E-state index in [1.807, 2.05) is 26.1 Å². The summed E-state index contributed by atoms with van der Waals surface area (Å²) in [6, 6.07) is 8.37. The predicted octanol–water partition coefficient (Wildman–Crippen LogP) is 2.99. The van der Waals surface area contributed by atoms with Gasteiger partial charge in [0.25, 0.3) is 5.69 Å². The fourth-order valence-electron chi connectivity index (χ4n) is 1.90. The molecule has 22 heavy (non-hydrogen) atoms. The Morgan fingerprint density at radius 2 is 2.18 bits per heavy atom. The Morgan fingerprint density at radius 1 is 1.41 bits per heavy atom. The first-order valence-corrected chi connectivity index (χ1v) is 6.68. The number of aromatic nitrogens is 1. The van der Waals surface area contributed by atoms with Crippen LogP contribution in [0, 0.1) is 17.0 Å². The number of rotatable bonds is 4. The summed E-state index contributed by atoms with van der Waals surface area (Å²) in [4.78, 5) is 18.9. The molecular formula is C15H17N5O2. The van der Waals surface area contributed by atoms with Crippen LogP contribution < -0.4 is 10.4 Å². The second-order valence-electron chi connectivity index (χ2n) is 4.81. The van der Waals surface area contributed by atoms with Crippen molar-refractivity contribution in [1.82, 2.24) is 10.4 Å². The summed E-state index contributed by atoms with van der Waals surface area (Å²) < 4.78 is 0. The van der Waals surface area contributed by atoms with Gasteiger partial charge in [-0.2, -0.15) is 0 Å². The number of pyridine rings is 1. The SMILES string of the molecule is CC(=Nc1cc([N+](=O)[O-])ccc1C)NN(C)c1cccnc1. The largest absolute Gasteiger partial charge is 0.288 e. The van der Waals surface area contributed by atoms with Crippen LogP contribution in [-0.2, 0) is 0 Å². The van der Waals surface area contributed by atoms with Crippen LogP contribution >= 0.6 is 0 Å². The Balaban J connectivity index is 2.18. The maximum Gasteiger partial charge on any atom is 0.271 e. The van der Waals surface area contributed by atoms with Crippen LogP contribution in [0.2, 0.25) is 0 Å². The third-order valence-corrected chi connectivity index (χ3v) is 3.05. The third-order valence-electron chi connectivity index (χ3n) is 3.05. The highest BCUT2D eigenvalue weighted by Crippen LogP contribution is 2.24. The van der Waals surface area contributed by atoms with E-state index >= 15 is 0 Å². The van der Waals surface area contributed by atoms with Gasteiger partial charge in [0.1, 0.15) is 5.84 Å². The summed E-state index contributed by atoms with van der Waals surface area (Å²) in [5, 5.41) is 12.6. The summed E-state index contributed by atoms with van der Waals surface area (Å²) in [6.45, 7) is 3.66. The molecule has 0 aliphatic heterocycles. The topological polar surface area (TPSA) is 83.7 Å². The molecule has 7 nitrogen and oxygen atoms in total. The van der Waals surface area contributed by atoms with Crippen molar-refractivity contribution in [2.75, 3.05) is 12.1 Å². The zero-order chi connectivity index (χ0) is 16.1. The minimum absolute atomic E-state index is 0.0257. The highest BCUT2D eigenvalue weighted by Gasteiger charge is 2.08. The van der Waals surface area contributed by atoms with Gasteiger partial charge in [0, 0.05) is 25.4 Å². The van der Waals surface area contributed by atoms with Gasteiger partial charge in [-0.05, 0) is 31.5 Å². The number of nitrogens with zero attached hydrogens (tertiary/aromatic N) is 4. The molecule has 1 aromatic heterocycles. The first kappa shape index (κ1) is 15.4. The highest BCUT2D eigenvalue weighted by molar-refractivity contribution is 5.84. The van der Waals surface area contributed by atoms with Crippen LogP contribution in [0.5, 0.6) is 0 Å². The van der Waals surface area contributed by atoms with E-state index in [9.17, 15) is 10.1 Å². The summed E-state index contributed by atoms with van der Waals surface area (Å²) in [5.74, 6) is 0.620. The minimum Gasteiger partial charge on any atom is -0.288 e. The Hall–Kier alpha value is -2.96. The number of non-ortho nitro benzene ring substituents is 1. The summed E-state index contributed by atoms with van der Waals surface area (Å²) in [6.07, 6.45) is 3.42. The minimum atomic E-state index is -0.428. The fraction of sp³-hybridized carbons (Fsp3) is 0.200. The molecule has 1 aromatic carbocycles. The van der Waals surface area contributed by atoms with Crippen LogP contribution in [0.25, 0.3) is 0 Å². The number of aliphatic imine (C=N–C) groups is 1. The molecule has 0 aliphatic carbocycles. The number of nitrogens with one attached hydrogen (secondary N) is 1. The molecule has 0 radical (unpaired) electrons. The van der Waals surface area contributed by atoms with Crippen LogP contribution in [0.4, 0.5) is 17.1 Å². The number of hydrogen-bond acceptors (Lipinski definition) is 5. The van der Waals surface area contributed by atoms with Gasteiger partial charge >= 0.3 is 0 Å². The normalized spacial score (nSPS) is 11.1. The number of hydrazine groups is 1. The predicted molar refractivity (Wildman–Crippen MR) is 86.4 cm³/mol. The van der Waals surface area contributed by atoms with Crippen LogP contribution in [0.3, 0.4) is 0 Å². The van der Waals surface area contributed by atoms with Gasteiger partial charge < -0.3 is 0 Å². The Kier molecular flexibility index (Phi) is 4.67. The molecule has 0 saturated heterocycles. The number of nitro groups is 1. The van der Waals surface area contributed by atoms with E-state index in [0.29, 0.717) is 11.5 Å². The lowest BCUT2D eigenvalue weighted by atomic mass is 10.2. The summed E-state index contributed by atoms with van der Waals surface area (Å²) >= 11 is 0. The number of amidine groups is 1. The average molecular weight is 299 g/mol. The van der Waals surface area contributed by atoms with Gasteiger partial charge in [0.15, 0.2) is 0 Å². The zero-order valence-electron chi connectivity index (χ0n) is 12.6. The van der Waals surface area contributed by atoms with Gasteiger partial charge in [-0.3, -0.25) is 25.5 Å². The highest BCUT2D eigenvalue weighted by atomic mass is 16.6. The number of nitro benzene ring substituents is 1. The molecular weight excluding hydrogens is 282 g/mol. The second kappa shape index (κ2) is 6.66. The number of hydrogen-bond donors (Lipinski definition) is 1. The Morgan fingerprint density at radius 3 is 2.82 bits per heavy atom. The molecule has 7 heteroatoms. The molecule has 2 rings (SSSR count). The lowest BCUT2D eigenvalue weighted by Crippen LogP contribution is -2.37. The van der Waals surface area contributed by atoms with E-state index in [-0.39, 0.29) is 5.69 Å². The van der Waals surface area contributed by atoms with E-state index in [1.54, 1.807) is 30.4 Å². The standard InChI is InChI=1S/C15H17N5O2/c1-11-6-7-13(20(21)22)9-15(11)17-12(2)18-19(3)14-5-4-8-16-10-14/h4-10H,1-3H3,(H,17,18). The van der Waals surface area contributed by atoms with Crippen LogP contribution in [0.15, 0.2) is 47.7 Å². The van der Waals surface area contributed by atoms with Gasteiger partial charge in [0.05, 0.1) is 22.5 Å². The van der Waals surface area contributed by atoms with Crippen molar-refractivity contribution in [2.45, 2.75) is 13.8 Å². The quantitative estimate of drug-likeness (QED) is 0.406. The first-order chi connectivity index (χ1) is 10.5. The van der Waals surface area contributed by atoms with E-state index in [1.165, 1.54) is 12.1 Å². The van der Waals surface area contributed by atoms with Gasteiger partial charge in [-0.25, -0.2) is 4.99 Å². The van der Waals surface area contributed by atoms with Crippen LogP contribution in [0.1, 0.15) is 12.5 Å². The van der Waals surface area contributed by atoms with Crippen LogP contribution in [-0.4, -0.2) is 22.8 Å². The molecule has 1 N–H and O–H groups in total. The third kappa shape index (κ3) is 3.78.